The SMILES string of the molecule is CC(C)n1ccc(CN2CC(C)(N)C2)n1. The molecule has 2 rings (SSSR count). The third-order valence-electron chi connectivity index (χ3n) is 2.75. The van der Waals surface area contributed by atoms with Crippen LogP contribution in [0.3, 0.4) is 0 Å². The molecule has 1 aliphatic heterocycles. The summed E-state index contributed by atoms with van der Waals surface area (Å²) in [5.41, 5.74) is 7.10. The van der Waals surface area contributed by atoms with Gasteiger partial charge in [-0.1, -0.05) is 0 Å². The second kappa shape index (κ2) is 3.61. The van der Waals surface area contributed by atoms with Crippen LogP contribution in [-0.4, -0.2) is 33.3 Å². The van der Waals surface area contributed by atoms with Crippen molar-refractivity contribution in [2.24, 2.45) is 5.73 Å². The summed E-state index contributed by atoms with van der Waals surface area (Å²) >= 11 is 0. The Morgan fingerprint density at radius 1 is 1.53 bits per heavy atom. The quantitative estimate of drug-likeness (QED) is 0.806. The fourth-order valence-corrected chi connectivity index (χ4v) is 2.07. The number of aromatic nitrogens is 2. The molecular weight excluding hydrogens is 188 g/mol. The molecule has 1 fully saturated rings. The molecule has 4 heteroatoms. The van der Waals surface area contributed by atoms with E-state index in [1.54, 1.807) is 0 Å². The average Bonchev–Trinajstić information content (AvgIpc) is 2.49. The molecule has 0 bridgehead atoms. The third kappa shape index (κ3) is 2.38. The molecule has 15 heavy (non-hydrogen) atoms. The van der Waals surface area contributed by atoms with Gasteiger partial charge in [0, 0.05) is 37.4 Å². The van der Waals surface area contributed by atoms with Crippen LogP contribution < -0.4 is 5.73 Å². The molecule has 0 aromatic carbocycles. The first-order chi connectivity index (χ1) is 6.96. The van der Waals surface area contributed by atoms with Crippen LogP contribution in [0.4, 0.5) is 0 Å². The second-order valence-electron chi connectivity index (χ2n) is 5.18. The molecule has 0 radical (unpaired) electrons. The van der Waals surface area contributed by atoms with Gasteiger partial charge >= 0.3 is 0 Å². The summed E-state index contributed by atoms with van der Waals surface area (Å²) in [7, 11) is 0. The van der Waals surface area contributed by atoms with Gasteiger partial charge < -0.3 is 5.73 Å². The molecule has 0 amide bonds. The van der Waals surface area contributed by atoms with Gasteiger partial charge in [-0.15, -0.1) is 0 Å². The van der Waals surface area contributed by atoms with Gasteiger partial charge in [0.05, 0.1) is 5.69 Å². The fourth-order valence-electron chi connectivity index (χ4n) is 2.07. The predicted molar refractivity (Wildman–Crippen MR) is 60.5 cm³/mol. The first-order valence-corrected chi connectivity index (χ1v) is 5.51. The van der Waals surface area contributed by atoms with Crippen molar-refractivity contribution in [3.05, 3.63) is 18.0 Å². The van der Waals surface area contributed by atoms with Crippen molar-refractivity contribution in [3.8, 4) is 0 Å². The fraction of sp³-hybridized carbons (Fsp3) is 0.727. The van der Waals surface area contributed by atoms with E-state index in [9.17, 15) is 0 Å². The van der Waals surface area contributed by atoms with E-state index < -0.39 is 0 Å². The highest BCUT2D eigenvalue weighted by molar-refractivity contribution is 5.04. The molecule has 1 saturated heterocycles. The third-order valence-corrected chi connectivity index (χ3v) is 2.75. The van der Waals surface area contributed by atoms with E-state index in [2.05, 4.69) is 36.8 Å². The lowest BCUT2D eigenvalue weighted by Crippen LogP contribution is -2.64. The van der Waals surface area contributed by atoms with Crippen molar-refractivity contribution < 1.29 is 0 Å². The van der Waals surface area contributed by atoms with Crippen LogP contribution >= 0.6 is 0 Å². The molecule has 0 aliphatic carbocycles. The lowest BCUT2D eigenvalue weighted by molar-refractivity contribution is 0.0749. The highest BCUT2D eigenvalue weighted by Crippen LogP contribution is 2.19. The Balaban J connectivity index is 1.89. The second-order valence-corrected chi connectivity index (χ2v) is 5.18. The maximum Gasteiger partial charge on any atom is 0.0764 e. The van der Waals surface area contributed by atoms with Crippen LogP contribution in [0.5, 0.6) is 0 Å². The number of likely N-dealkylation sites (tertiary alicyclic amines) is 1. The molecule has 84 valence electrons. The molecule has 0 unspecified atom stereocenters. The van der Waals surface area contributed by atoms with Crippen molar-refractivity contribution >= 4 is 0 Å². The van der Waals surface area contributed by atoms with E-state index in [1.165, 1.54) is 0 Å². The zero-order valence-corrected chi connectivity index (χ0v) is 9.77. The molecule has 0 spiro atoms. The van der Waals surface area contributed by atoms with E-state index >= 15 is 0 Å². The van der Waals surface area contributed by atoms with Gasteiger partial charge in [0.25, 0.3) is 0 Å². The van der Waals surface area contributed by atoms with Crippen molar-refractivity contribution in [2.45, 2.75) is 38.9 Å². The van der Waals surface area contributed by atoms with Gasteiger partial charge in [-0.3, -0.25) is 9.58 Å². The van der Waals surface area contributed by atoms with Gasteiger partial charge in [0.1, 0.15) is 0 Å². The van der Waals surface area contributed by atoms with Gasteiger partial charge in [-0.2, -0.15) is 5.10 Å². The molecule has 1 aromatic heterocycles. The van der Waals surface area contributed by atoms with Gasteiger partial charge in [-0.25, -0.2) is 0 Å². The van der Waals surface area contributed by atoms with Crippen LogP contribution in [0.2, 0.25) is 0 Å². The lowest BCUT2D eigenvalue weighted by Gasteiger charge is -2.45. The van der Waals surface area contributed by atoms with E-state index in [-0.39, 0.29) is 5.54 Å². The first kappa shape index (κ1) is 10.6. The molecule has 2 heterocycles. The highest BCUT2D eigenvalue weighted by Gasteiger charge is 2.34. The Bertz CT molecular complexity index is 332. The number of rotatable bonds is 3. The minimum atomic E-state index is 0.0145. The van der Waals surface area contributed by atoms with Gasteiger partial charge in [-0.05, 0) is 26.8 Å². The number of nitrogens with two attached hydrogens (primary N) is 1. The lowest BCUT2D eigenvalue weighted by atomic mass is 9.94. The smallest absolute Gasteiger partial charge is 0.0764 e. The molecule has 4 nitrogen and oxygen atoms in total. The van der Waals surface area contributed by atoms with Crippen molar-refractivity contribution in [1.82, 2.24) is 14.7 Å². The van der Waals surface area contributed by atoms with Crippen LogP contribution in [0, 0.1) is 0 Å². The summed E-state index contributed by atoms with van der Waals surface area (Å²) in [6.07, 6.45) is 2.04. The number of hydrogen-bond acceptors (Lipinski definition) is 3. The zero-order valence-electron chi connectivity index (χ0n) is 9.77. The summed E-state index contributed by atoms with van der Waals surface area (Å²) < 4.78 is 2.00. The van der Waals surface area contributed by atoms with Crippen LogP contribution in [0.1, 0.15) is 32.5 Å². The Morgan fingerprint density at radius 2 is 2.20 bits per heavy atom. The molecule has 1 aliphatic rings. The molecular formula is C11H20N4. The first-order valence-electron chi connectivity index (χ1n) is 5.51. The topological polar surface area (TPSA) is 47.1 Å². The summed E-state index contributed by atoms with van der Waals surface area (Å²) in [6, 6.07) is 2.53. The highest BCUT2D eigenvalue weighted by atomic mass is 15.3. The van der Waals surface area contributed by atoms with E-state index in [1.807, 2.05) is 10.9 Å². The van der Waals surface area contributed by atoms with Crippen molar-refractivity contribution in [3.63, 3.8) is 0 Å². The summed E-state index contributed by atoms with van der Waals surface area (Å²) in [6.45, 7) is 9.24. The maximum absolute atomic E-state index is 5.95. The zero-order chi connectivity index (χ0) is 11.1. The number of hydrogen-bond donors (Lipinski definition) is 1. The monoisotopic (exact) mass is 208 g/mol. The van der Waals surface area contributed by atoms with Crippen LogP contribution in [-0.2, 0) is 6.54 Å². The standard InChI is InChI=1S/C11H20N4/c1-9(2)15-5-4-10(13-15)6-14-7-11(3,12)8-14/h4-5,9H,6-8,12H2,1-3H3. The molecule has 2 N–H and O–H groups in total. The Kier molecular flexibility index (Phi) is 2.56. The normalized spacial score (nSPS) is 20.6. The minimum Gasteiger partial charge on any atom is -0.323 e. The Labute approximate surface area is 91.1 Å². The molecule has 0 atom stereocenters. The van der Waals surface area contributed by atoms with E-state index in [0.29, 0.717) is 6.04 Å². The summed E-state index contributed by atoms with van der Waals surface area (Å²) in [5, 5.41) is 4.51. The van der Waals surface area contributed by atoms with Crippen LogP contribution in [0.25, 0.3) is 0 Å². The largest absolute Gasteiger partial charge is 0.323 e. The maximum atomic E-state index is 5.95. The minimum absolute atomic E-state index is 0.0145. The van der Waals surface area contributed by atoms with Crippen LogP contribution in [0.15, 0.2) is 12.3 Å². The predicted octanol–water partition coefficient (Wildman–Crippen LogP) is 0.997. The summed E-state index contributed by atoms with van der Waals surface area (Å²) in [5.74, 6) is 0. The number of nitrogens with zero attached hydrogens (tertiary/aromatic N) is 3. The Morgan fingerprint density at radius 3 is 2.67 bits per heavy atom. The Hall–Kier alpha value is -0.870. The average molecular weight is 208 g/mol. The molecule has 1 aromatic rings. The van der Waals surface area contributed by atoms with Crippen molar-refractivity contribution in [2.75, 3.05) is 13.1 Å². The summed E-state index contributed by atoms with van der Waals surface area (Å²) in [4.78, 5) is 2.33. The van der Waals surface area contributed by atoms with Crippen molar-refractivity contribution in [1.29, 1.82) is 0 Å². The van der Waals surface area contributed by atoms with Gasteiger partial charge in [0.15, 0.2) is 0 Å². The van der Waals surface area contributed by atoms with E-state index in [0.717, 1.165) is 25.3 Å². The van der Waals surface area contributed by atoms with Gasteiger partial charge in [0.2, 0.25) is 0 Å². The van der Waals surface area contributed by atoms with E-state index in [4.69, 9.17) is 5.73 Å². The molecule has 0 saturated carbocycles.